The first-order valence-corrected chi connectivity index (χ1v) is 11.9. The number of carbonyl (C=O) groups excluding carboxylic acids is 2. The standard InChI is InChI=1S/C25H27BN4O2S/c1-25(2,22(31)28-24-27-12-17-33-24)21(18-6-4-3-5-7-18)19-8-10-20(11-9-19)29-13-15-30(16-14-29)23(26)32/h3-12,17,21H,13-16H2,1-2H3,(H,27,28,31). The fourth-order valence-corrected chi connectivity index (χ4v) is 4.93. The minimum Gasteiger partial charge on any atom is -0.368 e. The van der Waals surface area contributed by atoms with Crippen LogP contribution in [0.3, 0.4) is 0 Å². The van der Waals surface area contributed by atoms with Crippen LogP contribution >= 0.6 is 11.3 Å². The van der Waals surface area contributed by atoms with E-state index >= 15 is 0 Å². The number of piperazine rings is 1. The lowest BCUT2D eigenvalue weighted by atomic mass is 9.70. The molecule has 2 radical (unpaired) electrons. The van der Waals surface area contributed by atoms with Crippen LogP contribution in [0.2, 0.25) is 0 Å². The third-order valence-corrected chi connectivity index (χ3v) is 6.96. The van der Waals surface area contributed by atoms with Gasteiger partial charge in [0.2, 0.25) is 13.8 Å². The van der Waals surface area contributed by atoms with Crippen LogP contribution < -0.4 is 10.2 Å². The van der Waals surface area contributed by atoms with E-state index in [1.807, 2.05) is 37.4 Å². The Balaban J connectivity index is 1.59. The molecule has 0 bridgehead atoms. The zero-order chi connectivity index (χ0) is 23.4. The molecule has 0 aliphatic carbocycles. The van der Waals surface area contributed by atoms with Gasteiger partial charge in [-0.25, -0.2) is 4.98 Å². The van der Waals surface area contributed by atoms with Crippen molar-refractivity contribution in [3.63, 3.8) is 0 Å². The van der Waals surface area contributed by atoms with Crippen molar-refractivity contribution < 1.29 is 9.59 Å². The third-order valence-electron chi connectivity index (χ3n) is 6.28. The van der Waals surface area contributed by atoms with Gasteiger partial charge in [0.15, 0.2) is 10.9 Å². The molecule has 1 unspecified atom stereocenters. The van der Waals surface area contributed by atoms with Crippen molar-refractivity contribution in [3.05, 3.63) is 77.3 Å². The lowest BCUT2D eigenvalue weighted by Crippen LogP contribution is -2.48. The fourth-order valence-electron chi connectivity index (χ4n) is 4.41. The molecule has 1 aromatic heterocycles. The highest BCUT2D eigenvalue weighted by atomic mass is 32.1. The number of hydrogen-bond donors (Lipinski definition) is 1. The van der Waals surface area contributed by atoms with Gasteiger partial charge in [0.05, 0.1) is 5.41 Å². The first-order valence-electron chi connectivity index (χ1n) is 11.0. The summed E-state index contributed by atoms with van der Waals surface area (Å²) in [6.45, 7) is 6.68. The molecule has 1 aliphatic heterocycles. The number of nitrogens with zero attached hydrogens (tertiary/aromatic N) is 3. The van der Waals surface area contributed by atoms with Crippen LogP contribution in [0, 0.1) is 5.41 Å². The van der Waals surface area contributed by atoms with E-state index in [4.69, 9.17) is 7.85 Å². The maximum Gasteiger partial charge on any atom is 0.232 e. The second kappa shape index (κ2) is 9.79. The molecule has 1 N–H and O–H groups in total. The van der Waals surface area contributed by atoms with Crippen LogP contribution in [0.25, 0.3) is 0 Å². The molecule has 3 aromatic rings. The fraction of sp³-hybridized carbons (Fsp3) is 0.320. The summed E-state index contributed by atoms with van der Waals surface area (Å²) in [7, 11) is 5.40. The Morgan fingerprint density at radius 1 is 1.00 bits per heavy atom. The van der Waals surface area contributed by atoms with Crippen molar-refractivity contribution >= 4 is 41.7 Å². The normalized spacial score (nSPS) is 15.2. The Kier molecular flexibility index (Phi) is 6.84. The Hall–Kier alpha value is -3.13. The first kappa shape index (κ1) is 23.0. The van der Waals surface area contributed by atoms with Gasteiger partial charge in [-0.15, -0.1) is 11.3 Å². The smallest absolute Gasteiger partial charge is 0.232 e. The predicted octanol–water partition coefficient (Wildman–Crippen LogP) is 4.35. The maximum absolute atomic E-state index is 13.3. The quantitative estimate of drug-likeness (QED) is 0.558. The maximum atomic E-state index is 13.3. The molecule has 168 valence electrons. The molecule has 1 atom stereocenters. The molecular weight excluding hydrogens is 431 g/mol. The largest absolute Gasteiger partial charge is 0.368 e. The molecular formula is C25H27BN4O2S. The van der Waals surface area contributed by atoms with Gasteiger partial charge in [0.25, 0.3) is 0 Å². The zero-order valence-electron chi connectivity index (χ0n) is 18.9. The Morgan fingerprint density at radius 3 is 2.21 bits per heavy atom. The number of rotatable bonds is 6. The van der Waals surface area contributed by atoms with E-state index in [9.17, 15) is 9.59 Å². The number of nitrogens with one attached hydrogen (secondary N) is 1. The molecule has 6 nitrogen and oxygen atoms in total. The average Bonchev–Trinajstić information content (AvgIpc) is 3.33. The SMILES string of the molecule is [B]C(=O)N1CCN(c2ccc(C(c3ccccc3)C(C)(C)C(=O)Nc3nccs3)cc2)CC1. The summed E-state index contributed by atoms with van der Waals surface area (Å²) in [5.41, 5.74) is 2.53. The van der Waals surface area contributed by atoms with Crippen LogP contribution in [0.1, 0.15) is 30.9 Å². The average molecular weight is 458 g/mol. The van der Waals surface area contributed by atoms with E-state index < -0.39 is 5.41 Å². The van der Waals surface area contributed by atoms with E-state index in [2.05, 4.69) is 51.6 Å². The Bertz CT molecular complexity index is 1080. The van der Waals surface area contributed by atoms with E-state index in [1.165, 1.54) is 11.3 Å². The molecule has 2 aromatic carbocycles. The molecule has 1 fully saturated rings. The van der Waals surface area contributed by atoms with Crippen LogP contribution in [0.4, 0.5) is 15.6 Å². The van der Waals surface area contributed by atoms with Crippen molar-refractivity contribution in [1.29, 1.82) is 0 Å². The summed E-state index contributed by atoms with van der Waals surface area (Å²) < 4.78 is 0. The molecule has 8 heteroatoms. The van der Waals surface area contributed by atoms with Crippen molar-refractivity contribution in [3.8, 4) is 0 Å². The number of thiazole rings is 1. The Labute approximate surface area is 200 Å². The summed E-state index contributed by atoms with van der Waals surface area (Å²) in [4.78, 5) is 32.8. The van der Waals surface area contributed by atoms with Gasteiger partial charge in [0.1, 0.15) is 0 Å². The molecule has 33 heavy (non-hydrogen) atoms. The summed E-state index contributed by atoms with van der Waals surface area (Å²) >= 11 is 1.41. The number of carbonyl (C=O) groups is 2. The summed E-state index contributed by atoms with van der Waals surface area (Å²) in [6, 6.07) is 18.5. The van der Waals surface area contributed by atoms with Crippen LogP contribution in [0.5, 0.6) is 0 Å². The predicted molar refractivity (Wildman–Crippen MR) is 134 cm³/mol. The molecule has 0 spiro atoms. The third kappa shape index (κ3) is 5.11. The van der Waals surface area contributed by atoms with Gasteiger partial charge in [-0.05, 0) is 23.3 Å². The Morgan fingerprint density at radius 2 is 1.64 bits per heavy atom. The van der Waals surface area contributed by atoms with E-state index in [0.717, 1.165) is 29.9 Å². The summed E-state index contributed by atoms with van der Waals surface area (Å²) in [6.07, 6.45) is 1.68. The lowest BCUT2D eigenvalue weighted by Gasteiger charge is -2.37. The van der Waals surface area contributed by atoms with Crippen LogP contribution in [-0.2, 0) is 4.79 Å². The van der Waals surface area contributed by atoms with Crippen molar-refractivity contribution in [2.75, 3.05) is 36.4 Å². The molecule has 1 aliphatic rings. The van der Waals surface area contributed by atoms with Crippen LogP contribution in [-0.4, -0.2) is 55.6 Å². The highest BCUT2D eigenvalue weighted by Crippen LogP contribution is 2.42. The topological polar surface area (TPSA) is 65.5 Å². The molecule has 0 saturated carbocycles. The molecule has 1 saturated heterocycles. The summed E-state index contributed by atoms with van der Waals surface area (Å²) in [5, 5.41) is 5.43. The van der Waals surface area contributed by atoms with Crippen molar-refractivity contribution in [2.24, 2.45) is 5.41 Å². The van der Waals surface area contributed by atoms with Crippen molar-refractivity contribution in [1.82, 2.24) is 9.88 Å². The summed E-state index contributed by atoms with van der Waals surface area (Å²) in [5.74, 6) is -0.577. The number of hydrogen-bond acceptors (Lipinski definition) is 5. The van der Waals surface area contributed by atoms with Gasteiger partial charge in [-0.1, -0.05) is 56.3 Å². The monoisotopic (exact) mass is 458 g/mol. The number of anilines is 2. The molecule has 2 amide bonds. The zero-order valence-corrected chi connectivity index (χ0v) is 19.7. The number of amides is 2. The number of aromatic nitrogens is 1. The second-order valence-corrected chi connectivity index (χ2v) is 9.66. The van der Waals surface area contributed by atoms with Gasteiger partial charge >= 0.3 is 0 Å². The minimum absolute atomic E-state index is 0.0713. The molecule has 2 heterocycles. The minimum atomic E-state index is -0.721. The lowest BCUT2D eigenvalue weighted by molar-refractivity contribution is -0.124. The second-order valence-electron chi connectivity index (χ2n) is 8.76. The van der Waals surface area contributed by atoms with Gasteiger partial charge in [0, 0.05) is 49.4 Å². The van der Waals surface area contributed by atoms with Crippen LogP contribution in [0.15, 0.2) is 66.2 Å². The molecule has 4 rings (SSSR count). The highest BCUT2D eigenvalue weighted by molar-refractivity contribution is 7.13. The van der Waals surface area contributed by atoms with Gasteiger partial charge in [-0.2, -0.15) is 0 Å². The first-order chi connectivity index (χ1) is 15.9. The van der Waals surface area contributed by atoms with E-state index in [0.29, 0.717) is 18.2 Å². The van der Waals surface area contributed by atoms with E-state index in [-0.39, 0.29) is 17.6 Å². The van der Waals surface area contributed by atoms with E-state index in [1.54, 1.807) is 11.1 Å². The van der Waals surface area contributed by atoms with Crippen molar-refractivity contribution in [2.45, 2.75) is 19.8 Å². The van der Waals surface area contributed by atoms with Gasteiger partial charge < -0.3 is 15.1 Å². The number of benzene rings is 2. The highest BCUT2D eigenvalue weighted by Gasteiger charge is 2.39. The van der Waals surface area contributed by atoms with Gasteiger partial charge in [-0.3, -0.25) is 9.59 Å².